The van der Waals surface area contributed by atoms with E-state index in [0.717, 1.165) is 5.56 Å². The lowest BCUT2D eigenvalue weighted by Gasteiger charge is -2.15. The predicted molar refractivity (Wildman–Crippen MR) is 84.8 cm³/mol. The molecule has 0 spiro atoms. The molecule has 1 N–H and O–H groups in total. The van der Waals surface area contributed by atoms with Gasteiger partial charge < -0.3 is 9.32 Å². The van der Waals surface area contributed by atoms with E-state index < -0.39 is 0 Å². The maximum atomic E-state index is 12.0. The Labute approximate surface area is 133 Å². The number of nitrogens with one attached hydrogen (secondary N) is 1. The van der Waals surface area contributed by atoms with Crippen LogP contribution in [0.2, 0.25) is 0 Å². The highest BCUT2D eigenvalue weighted by Gasteiger charge is 2.31. The van der Waals surface area contributed by atoms with Gasteiger partial charge in [-0.15, -0.1) is 0 Å². The minimum Gasteiger partial charge on any atom is -0.463 e. The van der Waals surface area contributed by atoms with Crippen molar-refractivity contribution >= 4 is 18.0 Å². The molecule has 0 radical (unpaired) electrons. The number of nitrogens with zero attached hydrogens (tertiary/aromatic N) is 2. The number of likely N-dealkylation sites (tertiary alicyclic amines) is 1. The summed E-state index contributed by atoms with van der Waals surface area (Å²) in [4.78, 5) is 25.5. The molecular weight excluding hydrogens is 294 g/mol. The van der Waals surface area contributed by atoms with Gasteiger partial charge in [-0.25, -0.2) is 5.43 Å². The monoisotopic (exact) mass is 311 g/mol. The van der Waals surface area contributed by atoms with Crippen LogP contribution in [0.15, 0.2) is 58.2 Å². The molecule has 0 bridgehead atoms. The average Bonchev–Trinajstić information content (AvgIpc) is 3.19. The molecule has 23 heavy (non-hydrogen) atoms. The van der Waals surface area contributed by atoms with Crippen LogP contribution < -0.4 is 5.43 Å². The lowest BCUT2D eigenvalue weighted by Crippen LogP contribution is -2.36. The first-order valence-electron chi connectivity index (χ1n) is 7.40. The van der Waals surface area contributed by atoms with E-state index in [0.29, 0.717) is 18.7 Å². The van der Waals surface area contributed by atoms with Crippen molar-refractivity contribution in [3.63, 3.8) is 0 Å². The number of carbonyl (C=O) groups excluding carboxylic acids is 2. The third kappa shape index (κ3) is 3.85. The smallest absolute Gasteiger partial charge is 0.259 e. The largest absolute Gasteiger partial charge is 0.463 e. The third-order valence-corrected chi connectivity index (χ3v) is 3.74. The molecule has 1 aromatic carbocycles. The van der Waals surface area contributed by atoms with Crippen molar-refractivity contribution in [3.05, 3.63) is 60.1 Å². The van der Waals surface area contributed by atoms with Gasteiger partial charge in [-0.3, -0.25) is 9.59 Å². The molecule has 2 heterocycles. The second-order valence-electron chi connectivity index (χ2n) is 5.39. The van der Waals surface area contributed by atoms with E-state index in [1.54, 1.807) is 17.0 Å². The van der Waals surface area contributed by atoms with Gasteiger partial charge >= 0.3 is 0 Å². The number of carbonyl (C=O) groups is 2. The van der Waals surface area contributed by atoms with Crippen molar-refractivity contribution in [2.24, 2.45) is 5.10 Å². The Kier molecular flexibility index (Phi) is 4.52. The Morgan fingerprint density at radius 1 is 1.30 bits per heavy atom. The SMILES string of the molecule is O=C(CN1C[C@H](c2ccccc2)CC1=O)N/N=C\c1ccco1. The van der Waals surface area contributed by atoms with Crippen LogP contribution in [0.1, 0.15) is 23.7 Å². The third-order valence-electron chi connectivity index (χ3n) is 3.74. The first-order chi connectivity index (χ1) is 11.2. The van der Waals surface area contributed by atoms with Crippen LogP contribution in [0.4, 0.5) is 0 Å². The molecule has 6 nitrogen and oxygen atoms in total. The average molecular weight is 311 g/mol. The van der Waals surface area contributed by atoms with E-state index in [1.165, 1.54) is 12.5 Å². The molecule has 2 aromatic rings. The normalized spacial score (nSPS) is 17.8. The zero-order valence-corrected chi connectivity index (χ0v) is 12.5. The molecule has 118 valence electrons. The van der Waals surface area contributed by atoms with Crippen molar-refractivity contribution < 1.29 is 14.0 Å². The molecule has 0 aliphatic carbocycles. The molecule has 6 heteroatoms. The molecule has 1 aromatic heterocycles. The van der Waals surface area contributed by atoms with E-state index >= 15 is 0 Å². The van der Waals surface area contributed by atoms with E-state index in [9.17, 15) is 9.59 Å². The summed E-state index contributed by atoms with van der Waals surface area (Å²) in [5.41, 5.74) is 3.52. The lowest BCUT2D eigenvalue weighted by molar-refractivity contribution is -0.133. The summed E-state index contributed by atoms with van der Waals surface area (Å²) in [6.45, 7) is 0.565. The Morgan fingerprint density at radius 3 is 2.87 bits per heavy atom. The van der Waals surface area contributed by atoms with E-state index in [-0.39, 0.29) is 24.3 Å². The molecule has 1 aliphatic rings. The highest BCUT2D eigenvalue weighted by molar-refractivity contribution is 5.87. The standard InChI is InChI=1S/C17H17N3O3/c21-16(19-18-10-15-7-4-8-23-15)12-20-11-14(9-17(20)22)13-5-2-1-3-6-13/h1-8,10,14H,9,11-12H2,(H,19,21)/b18-10-/t14-/m1/s1. The van der Waals surface area contributed by atoms with Crippen molar-refractivity contribution in [1.82, 2.24) is 10.3 Å². The van der Waals surface area contributed by atoms with E-state index in [4.69, 9.17) is 4.42 Å². The molecule has 1 fully saturated rings. The maximum Gasteiger partial charge on any atom is 0.259 e. The number of benzene rings is 1. The molecular formula is C17H17N3O3. The van der Waals surface area contributed by atoms with Crippen LogP contribution in [0.5, 0.6) is 0 Å². The second kappa shape index (κ2) is 6.91. The fourth-order valence-corrected chi connectivity index (χ4v) is 2.61. The maximum absolute atomic E-state index is 12.0. The molecule has 1 atom stereocenters. The molecule has 3 rings (SSSR count). The van der Waals surface area contributed by atoms with Crippen LogP contribution in [-0.4, -0.2) is 36.0 Å². The quantitative estimate of drug-likeness (QED) is 0.675. The minimum atomic E-state index is -0.324. The highest BCUT2D eigenvalue weighted by Crippen LogP contribution is 2.27. The van der Waals surface area contributed by atoms with E-state index in [2.05, 4.69) is 10.5 Å². The summed E-state index contributed by atoms with van der Waals surface area (Å²) in [6, 6.07) is 13.3. The van der Waals surface area contributed by atoms with Gasteiger partial charge in [0.05, 0.1) is 12.5 Å². The first-order valence-corrected chi connectivity index (χ1v) is 7.40. The van der Waals surface area contributed by atoms with E-state index in [1.807, 2.05) is 30.3 Å². The van der Waals surface area contributed by atoms with Gasteiger partial charge in [-0.1, -0.05) is 30.3 Å². The summed E-state index contributed by atoms with van der Waals surface area (Å²) in [5, 5.41) is 3.80. The predicted octanol–water partition coefficient (Wildman–Crippen LogP) is 1.75. The summed E-state index contributed by atoms with van der Waals surface area (Å²) in [7, 11) is 0. The minimum absolute atomic E-state index is 0.0102. The van der Waals surface area contributed by atoms with Crippen LogP contribution in [0.25, 0.3) is 0 Å². The van der Waals surface area contributed by atoms with Gasteiger partial charge in [0.1, 0.15) is 12.3 Å². The zero-order valence-electron chi connectivity index (χ0n) is 12.5. The second-order valence-corrected chi connectivity index (χ2v) is 5.39. The van der Waals surface area contributed by atoms with Gasteiger partial charge in [-0.2, -0.15) is 5.10 Å². The molecule has 0 unspecified atom stereocenters. The topological polar surface area (TPSA) is 74.9 Å². The number of rotatable bonds is 5. The first kappa shape index (κ1) is 15.0. The molecule has 1 aliphatic heterocycles. The van der Waals surface area contributed by atoms with Gasteiger partial charge in [0.25, 0.3) is 5.91 Å². The zero-order chi connectivity index (χ0) is 16.1. The molecule has 2 amide bonds. The van der Waals surface area contributed by atoms with Crippen molar-refractivity contribution in [1.29, 1.82) is 0 Å². The lowest BCUT2D eigenvalue weighted by atomic mass is 9.99. The van der Waals surface area contributed by atoms with Crippen LogP contribution in [-0.2, 0) is 9.59 Å². The van der Waals surface area contributed by atoms with Crippen molar-refractivity contribution in [3.8, 4) is 0 Å². The summed E-state index contributed by atoms with van der Waals surface area (Å²) in [6.07, 6.45) is 3.37. The molecule has 1 saturated heterocycles. The van der Waals surface area contributed by atoms with Crippen LogP contribution in [0, 0.1) is 0 Å². The number of hydrogen-bond donors (Lipinski definition) is 1. The highest BCUT2D eigenvalue weighted by atomic mass is 16.3. The fourth-order valence-electron chi connectivity index (χ4n) is 2.61. The summed E-state index contributed by atoms with van der Waals surface area (Å²) in [5.74, 6) is 0.355. The van der Waals surface area contributed by atoms with Crippen LogP contribution >= 0.6 is 0 Å². The van der Waals surface area contributed by atoms with Gasteiger partial charge in [0.2, 0.25) is 5.91 Å². The summed E-state index contributed by atoms with van der Waals surface area (Å²) < 4.78 is 5.06. The Morgan fingerprint density at radius 2 is 2.13 bits per heavy atom. The number of hydrogen-bond acceptors (Lipinski definition) is 4. The van der Waals surface area contributed by atoms with Gasteiger partial charge in [0.15, 0.2) is 0 Å². The molecule has 0 saturated carbocycles. The Bertz CT molecular complexity index is 695. The van der Waals surface area contributed by atoms with Crippen LogP contribution in [0.3, 0.4) is 0 Å². The number of amides is 2. The fraction of sp³-hybridized carbons (Fsp3) is 0.235. The van der Waals surface area contributed by atoms with Crippen molar-refractivity contribution in [2.75, 3.05) is 13.1 Å². The number of furan rings is 1. The van der Waals surface area contributed by atoms with Gasteiger partial charge in [-0.05, 0) is 17.7 Å². The summed E-state index contributed by atoms with van der Waals surface area (Å²) >= 11 is 0. The van der Waals surface area contributed by atoms with Crippen molar-refractivity contribution in [2.45, 2.75) is 12.3 Å². The Balaban J connectivity index is 1.52. The Hall–Kier alpha value is -2.89. The van der Waals surface area contributed by atoms with Gasteiger partial charge in [0, 0.05) is 18.9 Å². The number of hydrazone groups is 1.